The Morgan fingerprint density at radius 3 is 2.53 bits per heavy atom. The van der Waals surface area contributed by atoms with Gasteiger partial charge in [-0.1, -0.05) is 27.2 Å². The van der Waals surface area contributed by atoms with Crippen molar-refractivity contribution in [3.63, 3.8) is 0 Å². The molecule has 12 atom stereocenters. The average Bonchev–Trinajstić information content (AvgIpc) is 3.57. The molecule has 0 radical (unpaired) electrons. The Kier molecular flexibility index (Phi) is 7.15. The molecule has 6 saturated carbocycles. The van der Waals surface area contributed by atoms with Crippen LogP contribution in [0.15, 0.2) is 0 Å². The number of hydrogen-bond donors (Lipinski definition) is 1. The first-order valence-electron chi connectivity index (χ1n) is 18.8. The quantitative estimate of drug-likeness (QED) is 0.414. The Balaban J connectivity index is 0.883. The number of esters is 1. The summed E-state index contributed by atoms with van der Waals surface area (Å²) in [4.78, 5) is 14.9. The summed E-state index contributed by atoms with van der Waals surface area (Å²) in [6.07, 6.45) is 13.2. The van der Waals surface area contributed by atoms with Crippen molar-refractivity contribution in [1.29, 1.82) is 0 Å². The van der Waals surface area contributed by atoms with E-state index < -0.39 is 6.10 Å². The molecule has 45 heavy (non-hydrogen) atoms. The van der Waals surface area contributed by atoms with E-state index in [0.29, 0.717) is 47.2 Å². The van der Waals surface area contributed by atoms with Crippen molar-refractivity contribution in [3.8, 4) is 0 Å². The number of ether oxygens (including phenoxy) is 5. The van der Waals surface area contributed by atoms with Crippen LogP contribution in [0, 0.1) is 51.2 Å². The number of fused-ring (bicyclic) bond motifs is 4. The molecule has 0 aromatic rings. The van der Waals surface area contributed by atoms with Gasteiger partial charge in [0.1, 0.15) is 6.61 Å². The second-order valence-electron chi connectivity index (χ2n) is 17.9. The molecule has 3 heterocycles. The van der Waals surface area contributed by atoms with Crippen LogP contribution in [-0.4, -0.2) is 92.2 Å². The highest BCUT2D eigenvalue weighted by atomic mass is 16.7. The van der Waals surface area contributed by atoms with Gasteiger partial charge < -0.3 is 28.8 Å². The fourth-order valence-electron chi connectivity index (χ4n) is 13.3. The molecule has 0 amide bonds. The van der Waals surface area contributed by atoms with Gasteiger partial charge in [0.15, 0.2) is 6.29 Å². The standard InChI is InChI=1S/C37H57NO7/c1-34(2)27-10-9-25-30-31(39)32-26(8-7-24(44-32)20-43-33(40)22-5-4-6-22)35(30,3)13-14-36(25)21-37(27,36)12-11-28(34)45-29-17-38(15-16-42-29)23-18-41-19-23/h22-32,39H,4-21H2,1-3H3/t24?,25?,26?,27?,28-,29?,30?,31+,32?,35?,36-,37+/m0/s1. The second kappa shape index (κ2) is 10.6. The molecule has 8 nitrogen and oxygen atoms in total. The van der Waals surface area contributed by atoms with Crippen LogP contribution in [0.2, 0.25) is 0 Å². The van der Waals surface area contributed by atoms with E-state index in [0.717, 1.165) is 71.4 Å². The number of carbonyl (C=O) groups is 1. The molecule has 1 N–H and O–H groups in total. The van der Waals surface area contributed by atoms with Crippen LogP contribution < -0.4 is 0 Å². The molecule has 9 rings (SSSR count). The number of carbonyl (C=O) groups excluding carboxylic acids is 1. The number of hydrogen-bond acceptors (Lipinski definition) is 8. The van der Waals surface area contributed by atoms with E-state index in [4.69, 9.17) is 23.7 Å². The van der Waals surface area contributed by atoms with Crippen LogP contribution in [0.25, 0.3) is 0 Å². The minimum absolute atomic E-state index is 0.0441. The molecule has 8 heteroatoms. The van der Waals surface area contributed by atoms with Gasteiger partial charge in [-0.2, -0.15) is 0 Å². The van der Waals surface area contributed by atoms with Crippen LogP contribution in [0.5, 0.6) is 0 Å². The van der Waals surface area contributed by atoms with Gasteiger partial charge in [0.2, 0.25) is 0 Å². The van der Waals surface area contributed by atoms with Gasteiger partial charge in [-0.05, 0) is 116 Å². The maximum absolute atomic E-state index is 12.4. The molecule has 2 spiro atoms. The summed E-state index contributed by atoms with van der Waals surface area (Å²) < 4.78 is 30.9. The Morgan fingerprint density at radius 1 is 0.956 bits per heavy atom. The van der Waals surface area contributed by atoms with E-state index in [1.165, 1.54) is 38.5 Å². The molecule has 3 saturated heterocycles. The average molecular weight is 628 g/mol. The Labute approximate surface area is 269 Å². The topological polar surface area (TPSA) is 86.7 Å². The molecule has 9 aliphatic rings. The van der Waals surface area contributed by atoms with Crippen molar-refractivity contribution in [2.75, 3.05) is 39.5 Å². The van der Waals surface area contributed by atoms with Gasteiger partial charge in [0, 0.05) is 6.54 Å². The van der Waals surface area contributed by atoms with Crippen LogP contribution in [0.4, 0.5) is 0 Å². The summed E-state index contributed by atoms with van der Waals surface area (Å²) in [5, 5.41) is 12.1. The summed E-state index contributed by atoms with van der Waals surface area (Å²) in [6.45, 7) is 12.1. The van der Waals surface area contributed by atoms with Gasteiger partial charge in [-0.3, -0.25) is 9.69 Å². The minimum Gasteiger partial charge on any atom is -0.463 e. The zero-order valence-electron chi connectivity index (χ0n) is 27.9. The smallest absolute Gasteiger partial charge is 0.309 e. The van der Waals surface area contributed by atoms with Crippen molar-refractivity contribution in [2.24, 2.45) is 51.2 Å². The molecular weight excluding hydrogens is 570 g/mol. The highest BCUT2D eigenvalue weighted by molar-refractivity contribution is 5.73. The van der Waals surface area contributed by atoms with E-state index in [1.807, 2.05) is 0 Å². The Morgan fingerprint density at radius 2 is 1.78 bits per heavy atom. The lowest BCUT2D eigenvalue weighted by molar-refractivity contribution is -0.254. The van der Waals surface area contributed by atoms with E-state index >= 15 is 0 Å². The van der Waals surface area contributed by atoms with E-state index in [9.17, 15) is 9.90 Å². The highest BCUT2D eigenvalue weighted by Crippen LogP contribution is 2.87. The monoisotopic (exact) mass is 627 g/mol. The number of morpholine rings is 1. The lowest BCUT2D eigenvalue weighted by Gasteiger charge is -2.60. The van der Waals surface area contributed by atoms with Crippen LogP contribution in [0.1, 0.15) is 97.8 Å². The maximum atomic E-state index is 12.4. The second-order valence-corrected chi connectivity index (χ2v) is 17.9. The van der Waals surface area contributed by atoms with E-state index in [1.54, 1.807) is 0 Å². The SMILES string of the molecule is CC12CC[C@@]34C[C@@]35CC[C@H](OC3CN(C6COC6)CCO3)C(C)(C)C5CCC4C1[C@@H](O)C1OC(COC(=O)C3CCC3)CCC12. The normalized spacial score (nSPS) is 52.2. The first-order valence-corrected chi connectivity index (χ1v) is 18.8. The zero-order chi connectivity index (χ0) is 30.8. The van der Waals surface area contributed by atoms with E-state index in [-0.39, 0.29) is 47.3 Å². The molecule has 8 unspecified atom stereocenters. The van der Waals surface area contributed by atoms with Gasteiger partial charge >= 0.3 is 5.97 Å². The highest BCUT2D eigenvalue weighted by Gasteiger charge is 2.81. The number of aliphatic hydroxyl groups is 1. The summed E-state index contributed by atoms with van der Waals surface area (Å²) >= 11 is 0. The third kappa shape index (κ3) is 4.33. The fraction of sp³-hybridized carbons (Fsp3) is 0.973. The lowest BCUT2D eigenvalue weighted by atomic mass is 9.46. The van der Waals surface area contributed by atoms with Crippen LogP contribution in [0.3, 0.4) is 0 Å². The maximum Gasteiger partial charge on any atom is 0.309 e. The van der Waals surface area contributed by atoms with Crippen LogP contribution >= 0.6 is 0 Å². The molecule has 6 aliphatic carbocycles. The number of nitrogens with zero attached hydrogens (tertiary/aromatic N) is 1. The zero-order valence-corrected chi connectivity index (χ0v) is 27.9. The third-order valence-electron chi connectivity index (χ3n) is 16.0. The van der Waals surface area contributed by atoms with Crippen molar-refractivity contribution >= 4 is 5.97 Å². The number of aliphatic hydroxyl groups excluding tert-OH is 1. The molecular formula is C37H57NO7. The summed E-state index contributed by atoms with van der Waals surface area (Å²) in [5.41, 5.74) is 1.01. The van der Waals surface area contributed by atoms with Crippen molar-refractivity contribution in [2.45, 2.75) is 135 Å². The fourth-order valence-corrected chi connectivity index (χ4v) is 13.3. The first kappa shape index (κ1) is 30.3. The van der Waals surface area contributed by atoms with Crippen molar-refractivity contribution in [1.82, 2.24) is 4.90 Å². The molecule has 0 aromatic carbocycles. The predicted molar refractivity (Wildman–Crippen MR) is 166 cm³/mol. The summed E-state index contributed by atoms with van der Waals surface area (Å²) in [7, 11) is 0. The van der Waals surface area contributed by atoms with Crippen molar-refractivity contribution in [3.05, 3.63) is 0 Å². The number of rotatable bonds is 6. The van der Waals surface area contributed by atoms with Gasteiger partial charge in [-0.15, -0.1) is 0 Å². The van der Waals surface area contributed by atoms with Gasteiger partial charge in [0.25, 0.3) is 0 Å². The van der Waals surface area contributed by atoms with Crippen LogP contribution in [-0.2, 0) is 28.5 Å². The summed E-state index contributed by atoms with van der Waals surface area (Å²) in [5.74, 6) is 2.02. The minimum atomic E-state index is -0.415. The van der Waals surface area contributed by atoms with Crippen molar-refractivity contribution < 1.29 is 33.6 Å². The third-order valence-corrected chi connectivity index (χ3v) is 16.0. The predicted octanol–water partition coefficient (Wildman–Crippen LogP) is 4.95. The van der Waals surface area contributed by atoms with Gasteiger partial charge in [-0.25, -0.2) is 0 Å². The Bertz CT molecular complexity index is 1170. The molecule has 0 aromatic heterocycles. The van der Waals surface area contributed by atoms with E-state index in [2.05, 4.69) is 25.7 Å². The summed E-state index contributed by atoms with van der Waals surface area (Å²) in [6, 6.07) is 0.529. The molecule has 0 bridgehead atoms. The van der Waals surface area contributed by atoms with Gasteiger partial charge in [0.05, 0.1) is 62.7 Å². The molecule has 3 aliphatic heterocycles. The first-order chi connectivity index (χ1) is 21.7. The Hall–Kier alpha value is -0.770. The largest absolute Gasteiger partial charge is 0.463 e. The lowest BCUT2D eigenvalue weighted by Crippen LogP contribution is -2.58. The molecule has 9 fully saturated rings. The molecule has 252 valence electrons.